The molecule has 4 rings (SSSR count). The first kappa shape index (κ1) is 23.4. The molecule has 1 amide bonds. The van der Waals surface area contributed by atoms with Crippen LogP contribution in [-0.2, 0) is 11.0 Å². The molecule has 2 aromatic carbocycles. The van der Waals surface area contributed by atoms with Crippen molar-refractivity contribution < 1.29 is 18.0 Å². The van der Waals surface area contributed by atoms with E-state index in [4.69, 9.17) is 5.73 Å². The van der Waals surface area contributed by atoms with E-state index in [1.54, 1.807) is 31.2 Å². The summed E-state index contributed by atoms with van der Waals surface area (Å²) in [7, 11) is 0. The number of aromatic nitrogens is 3. The Morgan fingerprint density at radius 1 is 1.03 bits per heavy atom. The van der Waals surface area contributed by atoms with Crippen LogP contribution in [0.4, 0.5) is 13.2 Å². The number of aromatic amines is 1. The Hall–Kier alpha value is -3.72. The van der Waals surface area contributed by atoms with E-state index >= 15 is 0 Å². The third kappa shape index (κ3) is 4.94. The second kappa shape index (κ2) is 9.26. The van der Waals surface area contributed by atoms with E-state index in [-0.39, 0.29) is 5.56 Å². The predicted molar refractivity (Wildman–Crippen MR) is 123 cm³/mol. The molecule has 0 bridgehead atoms. The van der Waals surface area contributed by atoms with Gasteiger partial charge in [-0.15, -0.1) is 0 Å². The van der Waals surface area contributed by atoms with Crippen molar-refractivity contribution in [2.45, 2.75) is 38.0 Å². The van der Waals surface area contributed by atoms with E-state index in [1.807, 2.05) is 25.1 Å². The molecule has 0 saturated carbocycles. The number of hydrogen-bond donors (Lipinski definition) is 3. The molecule has 3 unspecified atom stereocenters. The average Bonchev–Trinajstić information content (AvgIpc) is 3.22. The highest BCUT2D eigenvalue weighted by molar-refractivity contribution is 5.84. The van der Waals surface area contributed by atoms with Crippen molar-refractivity contribution in [2.75, 3.05) is 0 Å². The number of amides is 1. The van der Waals surface area contributed by atoms with Crippen LogP contribution in [0.25, 0.3) is 11.0 Å². The van der Waals surface area contributed by atoms with Gasteiger partial charge in [0, 0.05) is 5.69 Å². The second-order valence-electron chi connectivity index (χ2n) is 8.20. The van der Waals surface area contributed by atoms with Crippen molar-refractivity contribution >= 4 is 16.9 Å². The SMILES string of the molecule is Cc1cccc(C(C)NC(=O)C(N)C(c2cccc(C(F)(F)F)c2)c2nc3ccccc3[nH]2)n1. The Morgan fingerprint density at radius 2 is 1.76 bits per heavy atom. The third-order valence-electron chi connectivity index (χ3n) is 5.65. The smallest absolute Gasteiger partial charge is 0.347 e. The molecule has 2 heterocycles. The van der Waals surface area contributed by atoms with Crippen molar-refractivity contribution in [2.24, 2.45) is 5.73 Å². The summed E-state index contributed by atoms with van der Waals surface area (Å²) in [6.45, 7) is 3.61. The van der Waals surface area contributed by atoms with Gasteiger partial charge in [-0.1, -0.05) is 36.4 Å². The summed E-state index contributed by atoms with van der Waals surface area (Å²) in [5.74, 6) is -1.16. The number of aryl methyl sites for hydroxylation is 1. The maximum absolute atomic E-state index is 13.4. The van der Waals surface area contributed by atoms with Crippen molar-refractivity contribution in [3.8, 4) is 0 Å². The van der Waals surface area contributed by atoms with Gasteiger partial charge in [0.2, 0.25) is 5.91 Å². The minimum atomic E-state index is -4.54. The first-order valence-corrected chi connectivity index (χ1v) is 10.7. The molecule has 0 radical (unpaired) electrons. The number of benzene rings is 2. The van der Waals surface area contributed by atoms with Gasteiger partial charge in [-0.05, 0) is 49.7 Å². The van der Waals surface area contributed by atoms with Crippen LogP contribution >= 0.6 is 0 Å². The van der Waals surface area contributed by atoms with Crippen molar-refractivity contribution in [1.29, 1.82) is 0 Å². The molecule has 4 N–H and O–H groups in total. The van der Waals surface area contributed by atoms with Gasteiger partial charge in [0.15, 0.2) is 0 Å². The quantitative estimate of drug-likeness (QED) is 0.386. The van der Waals surface area contributed by atoms with Crippen LogP contribution in [0.1, 0.15) is 47.2 Å². The fourth-order valence-corrected chi connectivity index (χ4v) is 3.90. The van der Waals surface area contributed by atoms with Gasteiger partial charge < -0.3 is 16.0 Å². The van der Waals surface area contributed by atoms with Crippen LogP contribution < -0.4 is 11.1 Å². The maximum Gasteiger partial charge on any atom is 0.416 e. The molecule has 6 nitrogen and oxygen atoms in total. The summed E-state index contributed by atoms with van der Waals surface area (Å²) in [4.78, 5) is 25.2. The monoisotopic (exact) mass is 467 g/mol. The number of rotatable bonds is 6. The molecule has 2 aromatic heterocycles. The number of imidazole rings is 1. The van der Waals surface area contributed by atoms with Crippen LogP contribution in [0.2, 0.25) is 0 Å². The number of carbonyl (C=O) groups excluding carboxylic acids is 1. The van der Waals surface area contributed by atoms with Gasteiger partial charge in [-0.2, -0.15) is 13.2 Å². The number of carbonyl (C=O) groups is 1. The fourth-order valence-electron chi connectivity index (χ4n) is 3.90. The summed E-state index contributed by atoms with van der Waals surface area (Å²) in [5, 5.41) is 2.83. The number of nitrogens with two attached hydrogens (primary N) is 1. The molecular formula is C25H24F3N5O. The number of halogens is 3. The number of fused-ring (bicyclic) bond motifs is 1. The van der Waals surface area contributed by atoms with Crippen LogP contribution in [0, 0.1) is 6.92 Å². The molecule has 0 spiro atoms. The highest BCUT2D eigenvalue weighted by atomic mass is 19.4. The van der Waals surface area contributed by atoms with E-state index in [0.29, 0.717) is 22.6 Å². The summed E-state index contributed by atoms with van der Waals surface area (Å²) >= 11 is 0. The molecule has 34 heavy (non-hydrogen) atoms. The van der Waals surface area contributed by atoms with E-state index in [9.17, 15) is 18.0 Å². The van der Waals surface area contributed by atoms with Crippen molar-refractivity contribution in [1.82, 2.24) is 20.3 Å². The Bertz CT molecular complexity index is 1280. The maximum atomic E-state index is 13.4. The Kier molecular flexibility index (Phi) is 6.39. The minimum Gasteiger partial charge on any atom is -0.347 e. The molecule has 0 aliphatic carbocycles. The third-order valence-corrected chi connectivity index (χ3v) is 5.65. The minimum absolute atomic E-state index is 0.234. The lowest BCUT2D eigenvalue weighted by Crippen LogP contribution is -2.46. The van der Waals surface area contributed by atoms with E-state index < -0.39 is 35.6 Å². The molecule has 176 valence electrons. The van der Waals surface area contributed by atoms with Crippen molar-refractivity contribution in [3.63, 3.8) is 0 Å². The number of pyridine rings is 1. The highest BCUT2D eigenvalue weighted by Crippen LogP contribution is 2.34. The number of nitrogens with zero attached hydrogens (tertiary/aromatic N) is 2. The molecule has 4 aromatic rings. The normalized spacial score (nSPS) is 14.5. The summed E-state index contributed by atoms with van der Waals surface area (Å²) in [6.07, 6.45) is -4.54. The van der Waals surface area contributed by atoms with E-state index in [2.05, 4.69) is 20.3 Å². The summed E-state index contributed by atoms with van der Waals surface area (Å²) in [5.41, 5.74) is 8.57. The summed E-state index contributed by atoms with van der Waals surface area (Å²) in [6, 6.07) is 15.8. The fraction of sp³-hybridized carbons (Fsp3) is 0.240. The molecule has 0 fully saturated rings. The van der Waals surface area contributed by atoms with Gasteiger partial charge in [-0.3, -0.25) is 9.78 Å². The van der Waals surface area contributed by atoms with Gasteiger partial charge >= 0.3 is 6.18 Å². The average molecular weight is 467 g/mol. The van der Waals surface area contributed by atoms with E-state index in [1.165, 1.54) is 12.1 Å². The topological polar surface area (TPSA) is 96.7 Å². The first-order chi connectivity index (χ1) is 16.1. The van der Waals surface area contributed by atoms with Gasteiger partial charge in [0.05, 0.1) is 40.3 Å². The number of para-hydroxylation sites is 2. The van der Waals surface area contributed by atoms with Gasteiger partial charge in [0.1, 0.15) is 5.82 Å². The molecular weight excluding hydrogens is 443 g/mol. The predicted octanol–water partition coefficient (Wildman–Crippen LogP) is 4.62. The molecule has 0 saturated heterocycles. The van der Waals surface area contributed by atoms with Gasteiger partial charge in [-0.25, -0.2) is 4.98 Å². The van der Waals surface area contributed by atoms with Crippen LogP contribution in [0.15, 0.2) is 66.7 Å². The summed E-state index contributed by atoms with van der Waals surface area (Å²) < 4.78 is 40.2. The molecule has 0 aliphatic rings. The van der Waals surface area contributed by atoms with E-state index in [0.717, 1.165) is 17.8 Å². The Morgan fingerprint density at radius 3 is 2.47 bits per heavy atom. The van der Waals surface area contributed by atoms with Gasteiger partial charge in [0.25, 0.3) is 0 Å². The zero-order chi connectivity index (χ0) is 24.5. The lowest BCUT2D eigenvalue weighted by molar-refractivity contribution is -0.137. The number of nitrogens with one attached hydrogen (secondary N) is 2. The largest absolute Gasteiger partial charge is 0.416 e. The Balaban J connectivity index is 1.71. The van der Waals surface area contributed by atoms with Crippen LogP contribution in [0.5, 0.6) is 0 Å². The zero-order valence-electron chi connectivity index (χ0n) is 18.6. The number of H-pyrrole nitrogens is 1. The number of hydrogen-bond acceptors (Lipinski definition) is 4. The van der Waals surface area contributed by atoms with Crippen molar-refractivity contribution in [3.05, 3.63) is 95.1 Å². The molecule has 9 heteroatoms. The second-order valence-corrected chi connectivity index (χ2v) is 8.20. The zero-order valence-corrected chi connectivity index (χ0v) is 18.6. The first-order valence-electron chi connectivity index (χ1n) is 10.7. The Labute approximate surface area is 194 Å². The van der Waals surface area contributed by atoms with Crippen LogP contribution in [-0.4, -0.2) is 26.9 Å². The van der Waals surface area contributed by atoms with Crippen LogP contribution in [0.3, 0.4) is 0 Å². The lowest BCUT2D eigenvalue weighted by atomic mass is 9.89. The molecule has 3 atom stereocenters. The highest BCUT2D eigenvalue weighted by Gasteiger charge is 2.35. The number of alkyl halides is 3. The standard InChI is InChI=1S/C25H24F3N5O/c1-14-7-5-12-18(30-14)15(2)31-24(34)22(29)21(16-8-6-9-17(13-16)25(26,27)28)23-32-19-10-3-4-11-20(19)33-23/h3-13,15,21-22H,29H2,1-2H3,(H,31,34)(H,32,33). The molecule has 0 aliphatic heterocycles. The lowest BCUT2D eigenvalue weighted by Gasteiger charge is -2.24.